The van der Waals surface area contributed by atoms with Crippen molar-refractivity contribution in [2.45, 2.75) is 19.8 Å². The summed E-state index contributed by atoms with van der Waals surface area (Å²) in [6.07, 6.45) is 1.64. The minimum atomic E-state index is -0.582. The number of aryl methyl sites for hydroxylation is 1. The van der Waals surface area contributed by atoms with Crippen LogP contribution in [-0.4, -0.2) is 28.1 Å². The number of H-pyrrole nitrogens is 2. The molecule has 0 radical (unpaired) electrons. The summed E-state index contributed by atoms with van der Waals surface area (Å²) in [4.78, 5) is 51.6. The van der Waals surface area contributed by atoms with Gasteiger partial charge in [-0.1, -0.05) is 18.2 Å². The minimum Gasteiger partial charge on any atom is -0.423 e. The Hall–Kier alpha value is -4.27. The predicted molar refractivity (Wildman–Crippen MR) is 114 cm³/mol. The minimum absolute atomic E-state index is 0.0294. The van der Waals surface area contributed by atoms with Crippen LogP contribution in [-0.2, 0) is 11.2 Å². The zero-order chi connectivity index (χ0) is 22.2. The number of nitrogens with one attached hydrogen (secondary N) is 3. The number of amides is 1. The molecule has 0 unspecified atom stereocenters. The molecule has 1 heterocycles. The summed E-state index contributed by atoms with van der Waals surface area (Å²) >= 11 is 0. The molecule has 0 saturated heterocycles. The van der Waals surface area contributed by atoms with E-state index in [1.807, 2.05) is 6.07 Å². The van der Waals surface area contributed by atoms with Crippen molar-refractivity contribution in [1.29, 1.82) is 0 Å². The van der Waals surface area contributed by atoms with E-state index in [9.17, 15) is 19.2 Å². The molecule has 0 atom stereocenters. The first-order chi connectivity index (χ1) is 14.9. The molecular weight excluding hydrogens is 400 g/mol. The second-order valence-electron chi connectivity index (χ2n) is 6.63. The highest BCUT2D eigenvalue weighted by molar-refractivity contribution is 5.91. The van der Waals surface area contributed by atoms with Gasteiger partial charge in [0.05, 0.1) is 11.8 Å². The number of ether oxygens (including phenoxy) is 1. The second-order valence-corrected chi connectivity index (χ2v) is 6.63. The molecule has 3 N–H and O–H groups in total. The van der Waals surface area contributed by atoms with Crippen molar-refractivity contribution in [3.05, 3.63) is 97.8 Å². The Morgan fingerprint density at radius 1 is 1.03 bits per heavy atom. The van der Waals surface area contributed by atoms with Gasteiger partial charge in [-0.3, -0.25) is 14.6 Å². The lowest BCUT2D eigenvalue weighted by atomic mass is 10.1. The average Bonchev–Trinajstić information content (AvgIpc) is 2.75. The first-order valence-corrected chi connectivity index (χ1v) is 9.43. The highest BCUT2D eigenvalue weighted by Crippen LogP contribution is 2.13. The fraction of sp³-hybridized carbons (Fsp3) is 0.136. The second kappa shape index (κ2) is 9.97. The third kappa shape index (κ3) is 6.10. The third-order valence-electron chi connectivity index (χ3n) is 4.36. The van der Waals surface area contributed by atoms with E-state index in [4.69, 9.17) is 4.74 Å². The van der Waals surface area contributed by atoms with E-state index >= 15 is 0 Å². The zero-order valence-electron chi connectivity index (χ0n) is 16.7. The Morgan fingerprint density at radius 2 is 1.74 bits per heavy atom. The topological polar surface area (TPSA) is 133 Å². The average molecular weight is 420 g/mol. The molecule has 1 aromatic heterocycles. The fourth-order valence-corrected chi connectivity index (χ4v) is 2.76. The summed E-state index contributed by atoms with van der Waals surface area (Å²) in [6.45, 7) is 1.60. The van der Waals surface area contributed by atoms with Gasteiger partial charge in [0.1, 0.15) is 5.75 Å². The monoisotopic (exact) mass is 420 g/mol. The number of hydrogen-bond donors (Lipinski definition) is 3. The van der Waals surface area contributed by atoms with Crippen LogP contribution in [0.25, 0.3) is 0 Å². The summed E-state index contributed by atoms with van der Waals surface area (Å²) in [5.74, 6) is -0.447. The standard InChI is InChI=1S/C22H20N4O5/c1-14-18(20(28)25-22(30)24-14)11-12-19(27)26-23-13-15-7-9-17(10-8-15)31-21(29)16-5-3-2-4-6-16/h2-10,13H,11-12H2,1H3,(H,26,27)(H2,24,25,28,30)/b23-13+. The van der Waals surface area contributed by atoms with Crippen LogP contribution < -0.4 is 21.4 Å². The van der Waals surface area contributed by atoms with Crippen LogP contribution in [0.15, 0.2) is 69.3 Å². The Balaban J connectivity index is 1.49. The largest absolute Gasteiger partial charge is 0.423 e. The Labute approximate surface area is 176 Å². The lowest BCUT2D eigenvalue weighted by molar-refractivity contribution is -0.121. The summed E-state index contributed by atoms with van der Waals surface area (Å²) in [6, 6.07) is 15.3. The molecule has 1 amide bonds. The van der Waals surface area contributed by atoms with E-state index in [1.165, 1.54) is 6.21 Å². The van der Waals surface area contributed by atoms with Crippen molar-refractivity contribution < 1.29 is 14.3 Å². The number of carbonyl (C=O) groups is 2. The lowest BCUT2D eigenvalue weighted by Gasteiger charge is -2.04. The van der Waals surface area contributed by atoms with Gasteiger partial charge in [-0.15, -0.1) is 0 Å². The predicted octanol–water partition coefficient (Wildman–Crippen LogP) is 1.67. The third-order valence-corrected chi connectivity index (χ3v) is 4.36. The molecule has 0 spiro atoms. The quantitative estimate of drug-likeness (QED) is 0.231. The molecule has 0 fully saturated rings. The zero-order valence-corrected chi connectivity index (χ0v) is 16.7. The number of esters is 1. The molecule has 9 heteroatoms. The summed E-state index contributed by atoms with van der Waals surface area (Å²) in [5, 5.41) is 3.87. The van der Waals surface area contributed by atoms with Gasteiger partial charge in [0.2, 0.25) is 5.91 Å². The van der Waals surface area contributed by atoms with E-state index in [0.717, 1.165) is 0 Å². The molecule has 31 heavy (non-hydrogen) atoms. The number of carbonyl (C=O) groups excluding carboxylic acids is 2. The number of hydrogen-bond acceptors (Lipinski definition) is 6. The highest BCUT2D eigenvalue weighted by atomic mass is 16.5. The number of aromatic amines is 2. The van der Waals surface area contributed by atoms with Gasteiger partial charge in [0.25, 0.3) is 5.56 Å². The lowest BCUT2D eigenvalue weighted by Crippen LogP contribution is -2.28. The van der Waals surface area contributed by atoms with Crippen LogP contribution in [0.1, 0.15) is 33.6 Å². The van der Waals surface area contributed by atoms with Crippen molar-refractivity contribution in [1.82, 2.24) is 15.4 Å². The van der Waals surface area contributed by atoms with E-state index in [1.54, 1.807) is 55.5 Å². The van der Waals surface area contributed by atoms with Crippen LogP contribution in [0, 0.1) is 6.92 Å². The maximum absolute atomic E-state index is 12.0. The number of benzene rings is 2. The maximum atomic E-state index is 12.0. The van der Waals surface area contributed by atoms with E-state index < -0.39 is 17.2 Å². The smallest absolute Gasteiger partial charge is 0.343 e. The molecule has 0 aliphatic rings. The maximum Gasteiger partial charge on any atom is 0.343 e. The summed E-state index contributed by atoms with van der Waals surface area (Å²) in [7, 11) is 0. The fourth-order valence-electron chi connectivity index (χ4n) is 2.76. The van der Waals surface area contributed by atoms with Gasteiger partial charge in [-0.2, -0.15) is 5.10 Å². The van der Waals surface area contributed by atoms with Gasteiger partial charge >= 0.3 is 11.7 Å². The Bertz CT molecular complexity index is 1210. The molecule has 3 aromatic rings. The molecule has 3 rings (SSSR count). The summed E-state index contributed by atoms with van der Waals surface area (Å²) < 4.78 is 5.30. The van der Waals surface area contributed by atoms with Gasteiger partial charge in [0.15, 0.2) is 0 Å². The summed E-state index contributed by atoms with van der Waals surface area (Å²) in [5.41, 5.74) is 3.21. The van der Waals surface area contributed by atoms with Crippen LogP contribution in [0.5, 0.6) is 5.75 Å². The van der Waals surface area contributed by atoms with Crippen LogP contribution >= 0.6 is 0 Å². The van der Waals surface area contributed by atoms with E-state index in [-0.39, 0.29) is 18.7 Å². The van der Waals surface area contributed by atoms with Crippen LogP contribution in [0.2, 0.25) is 0 Å². The normalized spacial score (nSPS) is 10.7. The van der Waals surface area contributed by atoms with Crippen LogP contribution in [0.4, 0.5) is 0 Å². The van der Waals surface area contributed by atoms with Gasteiger partial charge in [0, 0.05) is 17.7 Å². The first-order valence-electron chi connectivity index (χ1n) is 9.43. The first kappa shape index (κ1) is 21.4. The Kier molecular flexibility index (Phi) is 6.89. The van der Waals surface area contributed by atoms with E-state index in [0.29, 0.717) is 28.1 Å². The van der Waals surface area contributed by atoms with Crippen molar-refractivity contribution in [2.75, 3.05) is 0 Å². The van der Waals surface area contributed by atoms with Crippen molar-refractivity contribution >= 4 is 18.1 Å². The SMILES string of the molecule is Cc1[nH]c(=O)[nH]c(=O)c1CCC(=O)N/N=C/c1ccc(OC(=O)c2ccccc2)cc1. The van der Waals surface area contributed by atoms with Gasteiger partial charge in [-0.25, -0.2) is 15.0 Å². The molecule has 0 aliphatic carbocycles. The van der Waals surface area contributed by atoms with E-state index in [2.05, 4.69) is 20.5 Å². The molecule has 0 aliphatic heterocycles. The molecular formula is C22H20N4O5. The highest BCUT2D eigenvalue weighted by Gasteiger charge is 2.09. The molecule has 9 nitrogen and oxygen atoms in total. The van der Waals surface area contributed by atoms with Crippen molar-refractivity contribution in [3.63, 3.8) is 0 Å². The number of hydrazone groups is 1. The molecule has 2 aromatic carbocycles. The number of rotatable bonds is 7. The molecule has 158 valence electrons. The molecule has 0 saturated carbocycles. The Morgan fingerprint density at radius 3 is 2.42 bits per heavy atom. The van der Waals surface area contributed by atoms with Crippen molar-refractivity contribution in [2.24, 2.45) is 5.10 Å². The van der Waals surface area contributed by atoms with Crippen LogP contribution in [0.3, 0.4) is 0 Å². The van der Waals surface area contributed by atoms with Crippen molar-refractivity contribution in [3.8, 4) is 5.75 Å². The van der Waals surface area contributed by atoms with Gasteiger partial charge < -0.3 is 9.72 Å². The van der Waals surface area contributed by atoms with Gasteiger partial charge in [-0.05, 0) is 55.3 Å². The molecule has 0 bridgehead atoms. The number of aromatic nitrogens is 2. The number of nitrogens with zero attached hydrogens (tertiary/aromatic N) is 1.